The number of nitrogens with two attached hydrogens (primary N) is 1. The van der Waals surface area contributed by atoms with Gasteiger partial charge in [-0.3, -0.25) is 9.59 Å². The van der Waals surface area contributed by atoms with Crippen LogP contribution in [-0.4, -0.2) is 53.8 Å². The average Bonchev–Trinajstić information content (AvgIpc) is 3.27. The summed E-state index contributed by atoms with van der Waals surface area (Å²) in [6.45, 7) is 6.75. The monoisotopic (exact) mass is 383 g/mol. The maximum atomic E-state index is 12.8. The van der Waals surface area contributed by atoms with E-state index >= 15 is 0 Å². The largest absolute Gasteiger partial charge is 0.456 e. The molecule has 0 aliphatic carbocycles. The quantitative estimate of drug-likeness (QED) is 0.865. The van der Waals surface area contributed by atoms with Crippen LogP contribution in [0.3, 0.4) is 0 Å². The Morgan fingerprint density at radius 1 is 1.27 bits per heavy atom. The zero-order chi connectivity index (χ0) is 18.0. The number of carbonyl (C=O) groups is 2. The fourth-order valence-corrected chi connectivity index (χ4v) is 4.02. The Bertz CT molecular complexity index is 625. The molecule has 2 fully saturated rings. The van der Waals surface area contributed by atoms with Crippen LogP contribution in [-0.2, 0) is 11.2 Å². The van der Waals surface area contributed by atoms with Gasteiger partial charge in [0.25, 0.3) is 5.91 Å². The number of nitrogens with zero attached hydrogens (tertiary/aromatic N) is 2. The second kappa shape index (κ2) is 8.91. The summed E-state index contributed by atoms with van der Waals surface area (Å²) >= 11 is 0. The number of likely N-dealkylation sites (tertiary alicyclic amines) is 2. The molecule has 2 unspecified atom stereocenters. The highest BCUT2D eigenvalue weighted by Gasteiger charge is 2.37. The van der Waals surface area contributed by atoms with Crippen LogP contribution in [0.5, 0.6) is 0 Å². The predicted molar refractivity (Wildman–Crippen MR) is 102 cm³/mol. The Morgan fingerprint density at radius 3 is 2.50 bits per heavy atom. The van der Waals surface area contributed by atoms with Gasteiger partial charge in [0.2, 0.25) is 5.91 Å². The van der Waals surface area contributed by atoms with Gasteiger partial charge in [-0.25, -0.2) is 0 Å². The van der Waals surface area contributed by atoms with Gasteiger partial charge in [0.05, 0.1) is 0 Å². The molecule has 0 spiro atoms. The molecule has 146 valence electrons. The molecule has 3 rings (SSSR count). The fourth-order valence-electron chi connectivity index (χ4n) is 4.02. The van der Waals surface area contributed by atoms with Crippen molar-refractivity contribution >= 4 is 24.2 Å². The van der Waals surface area contributed by atoms with Crippen LogP contribution in [0, 0.1) is 11.8 Å². The van der Waals surface area contributed by atoms with Crippen LogP contribution in [0.1, 0.15) is 49.4 Å². The van der Waals surface area contributed by atoms with E-state index in [1.54, 1.807) is 11.0 Å². The molecule has 0 aromatic carbocycles. The van der Waals surface area contributed by atoms with Crippen molar-refractivity contribution in [2.24, 2.45) is 17.6 Å². The molecule has 7 heteroatoms. The molecule has 0 radical (unpaired) electrons. The number of piperidine rings is 1. The van der Waals surface area contributed by atoms with Crippen LogP contribution in [0.25, 0.3) is 0 Å². The molecule has 1 aromatic heterocycles. The first-order valence-electron chi connectivity index (χ1n) is 9.42. The third kappa shape index (κ3) is 4.23. The zero-order valence-corrected chi connectivity index (χ0v) is 16.5. The standard InChI is InChI=1S/C19H29N3O3.ClH/c1-3-16-4-5-17(25-16)19(24)21-8-6-15(7-9-21)18(23)22-12-14(11-20)10-13(22)2;/h4-5,13-15H,3,6-12,20H2,1-2H3;1H. The lowest BCUT2D eigenvalue weighted by molar-refractivity contribution is -0.137. The van der Waals surface area contributed by atoms with Crippen LogP contribution >= 0.6 is 12.4 Å². The lowest BCUT2D eigenvalue weighted by Gasteiger charge is -2.34. The molecule has 2 saturated heterocycles. The maximum Gasteiger partial charge on any atom is 0.289 e. The first-order chi connectivity index (χ1) is 12.0. The van der Waals surface area contributed by atoms with Gasteiger partial charge >= 0.3 is 0 Å². The van der Waals surface area contributed by atoms with Gasteiger partial charge in [0.15, 0.2) is 5.76 Å². The van der Waals surface area contributed by atoms with Crippen molar-refractivity contribution in [2.75, 3.05) is 26.2 Å². The highest BCUT2D eigenvalue weighted by atomic mass is 35.5. The van der Waals surface area contributed by atoms with E-state index in [2.05, 4.69) is 6.92 Å². The summed E-state index contributed by atoms with van der Waals surface area (Å²) in [6, 6.07) is 3.87. The van der Waals surface area contributed by atoms with Crippen molar-refractivity contribution in [1.29, 1.82) is 0 Å². The summed E-state index contributed by atoms with van der Waals surface area (Å²) < 4.78 is 5.56. The number of hydrogen-bond donors (Lipinski definition) is 1. The Morgan fingerprint density at radius 2 is 1.96 bits per heavy atom. The molecule has 2 N–H and O–H groups in total. The highest BCUT2D eigenvalue weighted by molar-refractivity contribution is 5.91. The van der Waals surface area contributed by atoms with Crippen molar-refractivity contribution in [3.05, 3.63) is 23.7 Å². The van der Waals surface area contributed by atoms with Crippen molar-refractivity contribution in [3.63, 3.8) is 0 Å². The maximum absolute atomic E-state index is 12.8. The van der Waals surface area contributed by atoms with E-state index in [9.17, 15) is 9.59 Å². The lowest BCUT2D eigenvalue weighted by Crippen LogP contribution is -2.45. The number of amides is 2. The topological polar surface area (TPSA) is 79.8 Å². The van der Waals surface area contributed by atoms with E-state index in [4.69, 9.17) is 10.2 Å². The van der Waals surface area contributed by atoms with Crippen molar-refractivity contribution < 1.29 is 14.0 Å². The van der Waals surface area contributed by atoms with E-state index in [0.29, 0.717) is 31.3 Å². The summed E-state index contributed by atoms with van der Waals surface area (Å²) in [5.74, 6) is 1.84. The molecular formula is C19H30ClN3O3. The molecule has 1 aromatic rings. The van der Waals surface area contributed by atoms with Crippen LogP contribution in [0.2, 0.25) is 0 Å². The van der Waals surface area contributed by atoms with E-state index in [0.717, 1.165) is 38.0 Å². The predicted octanol–water partition coefficient (Wildman–Crippen LogP) is 2.31. The molecule has 2 aliphatic rings. The molecule has 2 aliphatic heterocycles. The summed E-state index contributed by atoms with van der Waals surface area (Å²) in [5, 5.41) is 0. The van der Waals surface area contributed by atoms with Crippen molar-refractivity contribution in [2.45, 2.75) is 45.6 Å². The number of hydrogen-bond acceptors (Lipinski definition) is 4. The molecular weight excluding hydrogens is 354 g/mol. The number of halogens is 1. The third-order valence-electron chi connectivity index (χ3n) is 5.63. The molecule has 0 bridgehead atoms. The van der Waals surface area contributed by atoms with E-state index in [-0.39, 0.29) is 36.2 Å². The second-order valence-electron chi connectivity index (χ2n) is 7.36. The van der Waals surface area contributed by atoms with Crippen LogP contribution in [0.4, 0.5) is 0 Å². The van der Waals surface area contributed by atoms with Gasteiger partial charge in [-0.05, 0) is 50.8 Å². The fraction of sp³-hybridized carbons (Fsp3) is 0.684. The van der Waals surface area contributed by atoms with Gasteiger partial charge in [-0.15, -0.1) is 12.4 Å². The summed E-state index contributed by atoms with van der Waals surface area (Å²) in [7, 11) is 0. The Balaban J connectivity index is 0.00000243. The van der Waals surface area contributed by atoms with Gasteiger partial charge in [-0.1, -0.05) is 6.92 Å². The molecule has 2 atom stereocenters. The van der Waals surface area contributed by atoms with Gasteiger partial charge in [-0.2, -0.15) is 0 Å². The molecule has 26 heavy (non-hydrogen) atoms. The first-order valence-corrected chi connectivity index (χ1v) is 9.42. The molecule has 3 heterocycles. The number of furan rings is 1. The van der Waals surface area contributed by atoms with Gasteiger partial charge in [0, 0.05) is 38.0 Å². The summed E-state index contributed by atoms with van der Waals surface area (Å²) in [4.78, 5) is 29.1. The minimum Gasteiger partial charge on any atom is -0.456 e. The average molecular weight is 384 g/mol. The van der Waals surface area contributed by atoms with Gasteiger partial charge < -0.3 is 20.0 Å². The molecule has 0 saturated carbocycles. The minimum absolute atomic E-state index is 0. The molecule has 2 amide bonds. The smallest absolute Gasteiger partial charge is 0.289 e. The summed E-state index contributed by atoms with van der Waals surface area (Å²) in [6.07, 6.45) is 3.23. The van der Waals surface area contributed by atoms with Crippen LogP contribution < -0.4 is 5.73 Å². The highest BCUT2D eigenvalue weighted by Crippen LogP contribution is 2.28. The number of carbonyl (C=O) groups excluding carboxylic acids is 2. The zero-order valence-electron chi connectivity index (χ0n) is 15.6. The number of aryl methyl sites for hydroxylation is 1. The van der Waals surface area contributed by atoms with Crippen LogP contribution in [0.15, 0.2) is 16.5 Å². The van der Waals surface area contributed by atoms with Crippen molar-refractivity contribution in [3.8, 4) is 0 Å². The first kappa shape index (κ1) is 20.8. The normalized spacial score (nSPS) is 23.8. The SMILES string of the molecule is CCc1ccc(C(=O)N2CCC(C(=O)N3CC(CN)CC3C)CC2)o1.Cl. The van der Waals surface area contributed by atoms with Crippen molar-refractivity contribution in [1.82, 2.24) is 9.80 Å². The number of rotatable bonds is 4. The Kier molecular flexibility index (Phi) is 7.12. The lowest BCUT2D eigenvalue weighted by atomic mass is 9.95. The van der Waals surface area contributed by atoms with E-state index in [1.807, 2.05) is 17.9 Å². The van der Waals surface area contributed by atoms with Gasteiger partial charge in [0.1, 0.15) is 5.76 Å². The Labute approximate surface area is 161 Å². The summed E-state index contributed by atoms with van der Waals surface area (Å²) in [5.41, 5.74) is 5.76. The van der Waals surface area contributed by atoms with E-state index in [1.165, 1.54) is 0 Å². The Hall–Kier alpha value is -1.53. The third-order valence-corrected chi connectivity index (χ3v) is 5.63. The molecule has 6 nitrogen and oxygen atoms in total. The minimum atomic E-state index is -0.0664. The second-order valence-corrected chi connectivity index (χ2v) is 7.36. The van der Waals surface area contributed by atoms with E-state index < -0.39 is 0 Å².